The van der Waals surface area contributed by atoms with Crippen molar-refractivity contribution in [3.05, 3.63) is 34.6 Å². The number of aromatic nitrogens is 3. The normalized spacial score (nSPS) is 21.3. The van der Waals surface area contributed by atoms with Crippen molar-refractivity contribution in [1.82, 2.24) is 15.0 Å². The highest BCUT2D eigenvalue weighted by molar-refractivity contribution is 5.76. The number of benzene rings is 1. The van der Waals surface area contributed by atoms with Crippen LogP contribution in [0.2, 0.25) is 0 Å². The van der Waals surface area contributed by atoms with Gasteiger partial charge >= 0.3 is 5.97 Å². The van der Waals surface area contributed by atoms with Gasteiger partial charge in [0.15, 0.2) is 6.73 Å². The molecule has 1 aliphatic carbocycles. The van der Waals surface area contributed by atoms with Crippen molar-refractivity contribution in [2.45, 2.75) is 20.1 Å². The second kappa shape index (κ2) is 4.46. The highest BCUT2D eigenvalue weighted by Crippen LogP contribution is 2.38. The van der Waals surface area contributed by atoms with Crippen LogP contribution in [0.1, 0.15) is 13.3 Å². The first-order chi connectivity index (χ1) is 9.16. The molecule has 98 valence electrons. The Morgan fingerprint density at radius 3 is 2.95 bits per heavy atom. The third kappa shape index (κ3) is 2.21. The fourth-order valence-corrected chi connectivity index (χ4v) is 1.99. The van der Waals surface area contributed by atoms with Gasteiger partial charge in [-0.25, -0.2) is 0 Å². The molecule has 1 aliphatic rings. The smallest absolute Gasteiger partial charge is 0.311 e. The molecule has 2 atom stereocenters. The zero-order valence-corrected chi connectivity index (χ0v) is 10.4. The summed E-state index contributed by atoms with van der Waals surface area (Å²) >= 11 is 0. The van der Waals surface area contributed by atoms with E-state index in [1.165, 1.54) is 0 Å². The van der Waals surface area contributed by atoms with Crippen molar-refractivity contribution in [1.29, 1.82) is 0 Å². The number of ether oxygens (including phenoxy) is 1. The molecule has 0 spiro atoms. The summed E-state index contributed by atoms with van der Waals surface area (Å²) in [7, 11) is 0. The summed E-state index contributed by atoms with van der Waals surface area (Å²) in [6.45, 7) is 1.81. The third-order valence-corrected chi connectivity index (χ3v) is 3.37. The summed E-state index contributed by atoms with van der Waals surface area (Å²) in [4.78, 5) is 23.6. The van der Waals surface area contributed by atoms with Crippen LogP contribution >= 0.6 is 0 Å². The maximum atomic E-state index is 12.1. The van der Waals surface area contributed by atoms with Gasteiger partial charge < -0.3 is 4.74 Å². The second-order valence-corrected chi connectivity index (χ2v) is 4.82. The van der Waals surface area contributed by atoms with Gasteiger partial charge in [-0.05, 0) is 24.5 Å². The van der Waals surface area contributed by atoms with Gasteiger partial charge in [0.1, 0.15) is 5.52 Å². The maximum absolute atomic E-state index is 12.1. The van der Waals surface area contributed by atoms with Crippen LogP contribution in [-0.4, -0.2) is 21.0 Å². The van der Waals surface area contributed by atoms with E-state index in [1.54, 1.807) is 24.3 Å². The highest BCUT2D eigenvalue weighted by atomic mass is 16.5. The van der Waals surface area contributed by atoms with Crippen molar-refractivity contribution < 1.29 is 9.53 Å². The van der Waals surface area contributed by atoms with Gasteiger partial charge in [0.2, 0.25) is 0 Å². The topological polar surface area (TPSA) is 74.1 Å². The Balaban J connectivity index is 1.80. The second-order valence-electron chi connectivity index (χ2n) is 4.82. The molecule has 1 heterocycles. The number of rotatable bonds is 3. The van der Waals surface area contributed by atoms with Crippen LogP contribution in [0.25, 0.3) is 10.9 Å². The van der Waals surface area contributed by atoms with Crippen molar-refractivity contribution in [3.63, 3.8) is 0 Å². The Kier molecular flexibility index (Phi) is 2.77. The van der Waals surface area contributed by atoms with Gasteiger partial charge in [0.25, 0.3) is 5.56 Å². The predicted molar refractivity (Wildman–Crippen MR) is 67.2 cm³/mol. The molecule has 0 aliphatic heterocycles. The van der Waals surface area contributed by atoms with Crippen LogP contribution in [0.3, 0.4) is 0 Å². The molecule has 0 amide bonds. The van der Waals surface area contributed by atoms with E-state index < -0.39 is 0 Å². The predicted octanol–water partition coefficient (Wildman–Crippen LogP) is 0.948. The summed E-state index contributed by atoms with van der Waals surface area (Å²) in [5.41, 5.74) is 0.230. The molecule has 2 aromatic rings. The van der Waals surface area contributed by atoms with E-state index in [2.05, 4.69) is 10.3 Å². The third-order valence-electron chi connectivity index (χ3n) is 3.37. The fourth-order valence-electron chi connectivity index (χ4n) is 1.99. The lowest BCUT2D eigenvalue weighted by atomic mass is 10.2. The van der Waals surface area contributed by atoms with Crippen LogP contribution < -0.4 is 5.56 Å². The zero-order valence-electron chi connectivity index (χ0n) is 10.4. The molecule has 1 saturated carbocycles. The Bertz CT molecular complexity index is 695. The number of carbonyl (C=O) groups excluding carboxylic acids is 1. The molecule has 1 aromatic heterocycles. The Morgan fingerprint density at radius 1 is 1.47 bits per heavy atom. The van der Waals surface area contributed by atoms with E-state index in [9.17, 15) is 9.59 Å². The van der Waals surface area contributed by atoms with Crippen LogP contribution in [0.4, 0.5) is 0 Å². The molecule has 3 rings (SSSR count). The minimum atomic E-state index is -0.303. The zero-order chi connectivity index (χ0) is 13.4. The van der Waals surface area contributed by atoms with Crippen LogP contribution in [0, 0.1) is 11.8 Å². The number of hydrogen-bond acceptors (Lipinski definition) is 5. The number of nitrogens with zero attached hydrogens (tertiary/aromatic N) is 3. The Hall–Kier alpha value is -2.24. The van der Waals surface area contributed by atoms with Crippen molar-refractivity contribution in [2.24, 2.45) is 11.8 Å². The summed E-state index contributed by atoms with van der Waals surface area (Å²) in [5.74, 6) is 0.0883. The van der Waals surface area contributed by atoms with E-state index in [1.807, 2.05) is 6.92 Å². The van der Waals surface area contributed by atoms with E-state index in [-0.39, 0.29) is 24.2 Å². The van der Waals surface area contributed by atoms with Crippen molar-refractivity contribution >= 4 is 16.9 Å². The monoisotopic (exact) mass is 259 g/mol. The van der Waals surface area contributed by atoms with E-state index in [0.29, 0.717) is 16.8 Å². The summed E-state index contributed by atoms with van der Waals surface area (Å²) in [5, 5.41) is 8.14. The average molecular weight is 259 g/mol. The van der Waals surface area contributed by atoms with Gasteiger partial charge in [-0.15, -0.1) is 5.10 Å². The van der Waals surface area contributed by atoms with Gasteiger partial charge in [-0.3, -0.25) is 9.59 Å². The standard InChI is InChI=1S/C13H13N3O3/c1-8-6-10(8)13(18)19-7-16-12(17)9-4-2-3-5-11(9)14-15-16/h2-5,8,10H,6-7H2,1H3/t8-,10+/m1/s1. The summed E-state index contributed by atoms with van der Waals surface area (Å²) < 4.78 is 6.14. The van der Waals surface area contributed by atoms with E-state index >= 15 is 0 Å². The van der Waals surface area contributed by atoms with Gasteiger partial charge in [0, 0.05) is 0 Å². The van der Waals surface area contributed by atoms with Gasteiger partial charge in [0.05, 0.1) is 11.3 Å². The molecule has 0 radical (unpaired) electrons. The molecule has 0 unspecified atom stereocenters. The minimum absolute atomic E-state index is 0.0240. The molecule has 1 fully saturated rings. The molecule has 0 N–H and O–H groups in total. The average Bonchev–Trinajstić information content (AvgIpc) is 3.15. The lowest BCUT2D eigenvalue weighted by molar-refractivity contribution is -0.150. The summed E-state index contributed by atoms with van der Waals surface area (Å²) in [6, 6.07) is 6.93. The minimum Gasteiger partial charge on any atom is -0.442 e. The molecule has 0 bridgehead atoms. The highest BCUT2D eigenvalue weighted by Gasteiger charge is 2.40. The van der Waals surface area contributed by atoms with Crippen LogP contribution in [0.15, 0.2) is 29.1 Å². The molecule has 1 aromatic carbocycles. The first-order valence-corrected chi connectivity index (χ1v) is 6.16. The Labute approximate surface area is 109 Å². The number of fused-ring (bicyclic) bond motifs is 1. The molecular weight excluding hydrogens is 246 g/mol. The molecule has 0 saturated heterocycles. The molecule has 6 heteroatoms. The maximum Gasteiger partial charge on any atom is 0.311 e. The van der Waals surface area contributed by atoms with Crippen LogP contribution in [0.5, 0.6) is 0 Å². The van der Waals surface area contributed by atoms with Crippen LogP contribution in [-0.2, 0) is 16.3 Å². The fraction of sp³-hybridized carbons (Fsp3) is 0.385. The number of hydrogen-bond donors (Lipinski definition) is 0. The first kappa shape index (κ1) is 11.8. The number of esters is 1. The van der Waals surface area contributed by atoms with E-state index in [4.69, 9.17) is 4.74 Å². The quantitative estimate of drug-likeness (QED) is 0.767. The van der Waals surface area contributed by atoms with Crippen molar-refractivity contribution in [2.75, 3.05) is 0 Å². The van der Waals surface area contributed by atoms with Gasteiger partial charge in [-0.2, -0.15) is 4.68 Å². The summed E-state index contributed by atoms with van der Waals surface area (Å²) in [6.07, 6.45) is 0.858. The Morgan fingerprint density at radius 2 is 2.21 bits per heavy atom. The van der Waals surface area contributed by atoms with Crippen molar-refractivity contribution in [3.8, 4) is 0 Å². The van der Waals surface area contributed by atoms with Gasteiger partial charge in [-0.1, -0.05) is 24.3 Å². The molecule has 6 nitrogen and oxygen atoms in total. The van der Waals surface area contributed by atoms with E-state index in [0.717, 1.165) is 11.1 Å². The molecular formula is C13H13N3O3. The SMILES string of the molecule is C[C@@H]1C[C@@H]1C(=O)OCn1nnc2ccccc2c1=O. The molecule has 19 heavy (non-hydrogen) atoms. The number of carbonyl (C=O) groups is 1. The lowest BCUT2D eigenvalue weighted by Crippen LogP contribution is -2.27. The largest absolute Gasteiger partial charge is 0.442 e. The first-order valence-electron chi connectivity index (χ1n) is 6.16. The lowest BCUT2D eigenvalue weighted by Gasteiger charge is -2.05.